The molecule has 0 saturated heterocycles. The van der Waals surface area contributed by atoms with Gasteiger partial charge in [-0.05, 0) is 53.8 Å². The smallest absolute Gasteiger partial charge is 0.120 e. The van der Waals surface area contributed by atoms with E-state index in [4.69, 9.17) is 11.6 Å². The van der Waals surface area contributed by atoms with Crippen molar-refractivity contribution in [2.24, 2.45) is 0 Å². The molecule has 2 heteroatoms. The van der Waals surface area contributed by atoms with Crippen molar-refractivity contribution in [3.63, 3.8) is 0 Å². The number of aryl methyl sites for hydroxylation is 1. The molecule has 3 aromatic rings. The van der Waals surface area contributed by atoms with E-state index in [0.29, 0.717) is 0 Å². The molecule has 2 aromatic carbocycles. The molecular weight excluding hydrogens is 290 g/mol. The van der Waals surface area contributed by atoms with E-state index >= 15 is 0 Å². The second-order valence-corrected chi connectivity index (χ2v) is 6.07. The van der Waals surface area contributed by atoms with Crippen LogP contribution in [-0.4, -0.2) is 4.98 Å². The first-order valence-corrected chi connectivity index (χ1v) is 7.73. The molecule has 0 radical (unpaired) electrons. The topological polar surface area (TPSA) is 12.9 Å². The van der Waals surface area contributed by atoms with Gasteiger partial charge in [-0.3, -0.25) is 4.98 Å². The van der Waals surface area contributed by atoms with E-state index in [1.54, 1.807) is 12.4 Å². The van der Waals surface area contributed by atoms with Crippen LogP contribution in [0.25, 0.3) is 0 Å². The maximum Gasteiger partial charge on any atom is 0.120 e. The Hall–Kier alpha value is -2.12. The summed E-state index contributed by atoms with van der Waals surface area (Å²) >= 11 is 7.26. The fourth-order valence-electron chi connectivity index (χ4n) is 2.85. The summed E-state index contributed by atoms with van der Waals surface area (Å²) in [6, 6.07) is 20.5. The first kappa shape index (κ1) is 14.8. The van der Waals surface area contributed by atoms with Gasteiger partial charge in [-0.25, -0.2) is 0 Å². The Morgan fingerprint density at radius 1 is 0.773 bits per heavy atom. The molecule has 110 valence electrons. The number of pyridine rings is 1. The number of alkyl halides is 1. The van der Waals surface area contributed by atoms with Crippen LogP contribution in [0.5, 0.6) is 0 Å². The molecule has 3 rings (SSSR count). The Labute approximate surface area is 136 Å². The predicted octanol–water partition coefficient (Wildman–Crippen LogP) is 5.23. The van der Waals surface area contributed by atoms with E-state index in [1.165, 1.54) is 11.1 Å². The highest BCUT2D eigenvalue weighted by Gasteiger charge is 2.35. The highest BCUT2D eigenvalue weighted by molar-refractivity contribution is 6.28. The summed E-state index contributed by atoms with van der Waals surface area (Å²) in [6.45, 7) is 4.25. The lowest BCUT2D eigenvalue weighted by Crippen LogP contribution is -2.23. The number of hydrogen-bond donors (Lipinski definition) is 0. The van der Waals surface area contributed by atoms with Crippen molar-refractivity contribution in [3.8, 4) is 0 Å². The van der Waals surface area contributed by atoms with Crippen molar-refractivity contribution >= 4 is 11.6 Å². The molecule has 0 spiro atoms. The van der Waals surface area contributed by atoms with Crippen LogP contribution in [-0.2, 0) is 4.87 Å². The molecule has 0 fully saturated rings. The van der Waals surface area contributed by atoms with Crippen molar-refractivity contribution in [1.29, 1.82) is 0 Å². The normalized spacial score (nSPS) is 13.6. The Balaban J connectivity index is 2.31. The second-order valence-electron chi connectivity index (χ2n) is 5.51. The van der Waals surface area contributed by atoms with E-state index in [-0.39, 0.29) is 0 Å². The largest absolute Gasteiger partial charge is 0.265 e. The van der Waals surface area contributed by atoms with Crippen LogP contribution in [0.15, 0.2) is 73.1 Å². The summed E-state index contributed by atoms with van der Waals surface area (Å²) in [5, 5.41) is 0. The van der Waals surface area contributed by atoms with Gasteiger partial charge in [0.2, 0.25) is 0 Å². The van der Waals surface area contributed by atoms with Crippen molar-refractivity contribution in [2.45, 2.75) is 18.7 Å². The number of nitrogens with zero attached hydrogens (tertiary/aromatic N) is 1. The first-order chi connectivity index (χ1) is 10.6. The van der Waals surface area contributed by atoms with Gasteiger partial charge in [-0.2, -0.15) is 0 Å². The van der Waals surface area contributed by atoms with Crippen LogP contribution < -0.4 is 0 Å². The van der Waals surface area contributed by atoms with Crippen LogP contribution in [0.2, 0.25) is 0 Å². The first-order valence-electron chi connectivity index (χ1n) is 7.35. The minimum absolute atomic E-state index is 0.708. The monoisotopic (exact) mass is 307 g/mol. The zero-order valence-electron chi connectivity index (χ0n) is 12.8. The molecular formula is C20H18ClN. The third kappa shape index (κ3) is 2.42. The zero-order valence-corrected chi connectivity index (χ0v) is 13.5. The van der Waals surface area contributed by atoms with Gasteiger partial charge in [-0.15, -0.1) is 11.6 Å². The van der Waals surface area contributed by atoms with E-state index < -0.39 is 4.87 Å². The van der Waals surface area contributed by atoms with Crippen molar-refractivity contribution in [1.82, 2.24) is 4.98 Å². The summed E-state index contributed by atoms with van der Waals surface area (Å²) in [6.07, 6.45) is 3.58. The van der Waals surface area contributed by atoms with Gasteiger partial charge in [0, 0.05) is 12.4 Å². The van der Waals surface area contributed by atoms with Crippen LogP contribution in [0.1, 0.15) is 27.8 Å². The molecule has 0 aliphatic rings. The van der Waals surface area contributed by atoms with E-state index in [0.717, 1.165) is 16.7 Å². The molecule has 0 aliphatic heterocycles. The molecule has 0 aliphatic carbocycles. The minimum atomic E-state index is -0.708. The predicted molar refractivity (Wildman–Crippen MR) is 92.3 cm³/mol. The van der Waals surface area contributed by atoms with Gasteiger partial charge in [0.15, 0.2) is 0 Å². The minimum Gasteiger partial charge on any atom is -0.265 e. The fraction of sp³-hybridized carbons (Fsp3) is 0.150. The second kappa shape index (κ2) is 5.94. The summed E-state index contributed by atoms with van der Waals surface area (Å²) < 4.78 is 0. The molecule has 22 heavy (non-hydrogen) atoms. The van der Waals surface area contributed by atoms with Gasteiger partial charge in [0.05, 0.1) is 0 Å². The van der Waals surface area contributed by atoms with Crippen molar-refractivity contribution < 1.29 is 0 Å². The van der Waals surface area contributed by atoms with Crippen molar-refractivity contribution in [2.75, 3.05) is 0 Å². The van der Waals surface area contributed by atoms with Gasteiger partial charge in [0.1, 0.15) is 4.87 Å². The van der Waals surface area contributed by atoms with Gasteiger partial charge in [-0.1, -0.05) is 48.5 Å². The Kier molecular flexibility index (Phi) is 4.00. The van der Waals surface area contributed by atoms with Crippen molar-refractivity contribution in [3.05, 3.63) is 101 Å². The molecule has 1 nitrogen and oxygen atoms in total. The molecule has 0 saturated carbocycles. The number of hydrogen-bond acceptors (Lipinski definition) is 1. The number of aromatic nitrogens is 1. The molecule has 1 heterocycles. The summed E-state index contributed by atoms with van der Waals surface area (Å²) in [5.41, 5.74) is 5.68. The third-order valence-electron chi connectivity index (χ3n) is 4.23. The lowest BCUT2D eigenvalue weighted by Gasteiger charge is -2.31. The standard InChI is InChI=1S/C20H18ClN/c1-15-7-6-10-19(16(15)2)20(21,17-8-4-3-5-9-17)18-11-13-22-14-12-18/h3-14H,1-2H3. The van der Waals surface area contributed by atoms with E-state index in [1.807, 2.05) is 30.3 Å². The third-order valence-corrected chi connectivity index (χ3v) is 4.87. The number of rotatable bonds is 3. The Morgan fingerprint density at radius 3 is 2.09 bits per heavy atom. The molecule has 1 unspecified atom stereocenters. The fourth-order valence-corrected chi connectivity index (χ4v) is 3.31. The molecule has 0 N–H and O–H groups in total. The Bertz CT molecular complexity index is 727. The molecule has 1 atom stereocenters. The van der Waals surface area contributed by atoms with Gasteiger partial charge < -0.3 is 0 Å². The van der Waals surface area contributed by atoms with Gasteiger partial charge in [0.25, 0.3) is 0 Å². The quantitative estimate of drug-likeness (QED) is 0.604. The Morgan fingerprint density at radius 2 is 1.41 bits per heavy atom. The van der Waals surface area contributed by atoms with E-state index in [2.05, 4.69) is 49.2 Å². The average Bonchev–Trinajstić information content (AvgIpc) is 2.58. The number of halogens is 1. The van der Waals surface area contributed by atoms with Crippen LogP contribution in [0, 0.1) is 13.8 Å². The highest BCUT2D eigenvalue weighted by atomic mass is 35.5. The number of benzene rings is 2. The van der Waals surface area contributed by atoms with Crippen LogP contribution >= 0.6 is 11.6 Å². The summed E-state index contributed by atoms with van der Waals surface area (Å²) in [7, 11) is 0. The maximum absolute atomic E-state index is 7.26. The van der Waals surface area contributed by atoms with Gasteiger partial charge >= 0.3 is 0 Å². The summed E-state index contributed by atoms with van der Waals surface area (Å²) in [4.78, 5) is 3.42. The summed E-state index contributed by atoms with van der Waals surface area (Å²) in [5.74, 6) is 0. The van der Waals surface area contributed by atoms with Crippen LogP contribution in [0.4, 0.5) is 0 Å². The lowest BCUT2D eigenvalue weighted by molar-refractivity contribution is 0.862. The average molecular weight is 308 g/mol. The van der Waals surface area contributed by atoms with E-state index in [9.17, 15) is 0 Å². The molecule has 0 bridgehead atoms. The molecule has 0 amide bonds. The lowest BCUT2D eigenvalue weighted by atomic mass is 9.81. The SMILES string of the molecule is Cc1cccc(C(Cl)(c2ccccc2)c2ccncc2)c1C. The molecule has 1 aromatic heterocycles. The maximum atomic E-state index is 7.26. The van der Waals surface area contributed by atoms with Crippen LogP contribution in [0.3, 0.4) is 0 Å². The highest BCUT2D eigenvalue weighted by Crippen LogP contribution is 2.44. The zero-order chi connectivity index (χ0) is 15.6.